The Balaban J connectivity index is 4.44. The Bertz CT molecular complexity index is 667. The number of carboxylic acid groups (broad SMARTS) is 3. The zero-order valence-corrected chi connectivity index (χ0v) is 27.0. The maximum Gasteiger partial charge on any atom is 0.362 e. The van der Waals surface area contributed by atoms with E-state index < -0.39 is 40.5 Å². The van der Waals surface area contributed by atoms with Gasteiger partial charge in [0.15, 0.2) is 18.1 Å². The predicted octanol–water partition coefficient (Wildman–Crippen LogP) is 8.99. The van der Waals surface area contributed by atoms with Gasteiger partial charge in [-0.2, -0.15) is 0 Å². The maximum absolute atomic E-state index is 12.3. The lowest BCUT2D eigenvalue weighted by molar-refractivity contribution is -0.973. The molecule has 0 rings (SSSR count). The summed E-state index contributed by atoms with van der Waals surface area (Å²) in [6.07, 6.45) is 26.9. The molecule has 7 heteroatoms. The van der Waals surface area contributed by atoms with E-state index in [9.17, 15) is 29.7 Å². The molecular formula is C34H64NO6+. The van der Waals surface area contributed by atoms with Crippen LogP contribution in [0.15, 0.2) is 12.2 Å². The van der Waals surface area contributed by atoms with Crippen LogP contribution in [0, 0.1) is 0 Å². The summed E-state index contributed by atoms with van der Waals surface area (Å²) in [6, 6.07) is -3.19. The molecule has 0 fully saturated rings. The molecule has 3 atom stereocenters. The Morgan fingerprint density at radius 3 is 1.07 bits per heavy atom. The molecule has 0 aromatic carbocycles. The van der Waals surface area contributed by atoms with Crippen molar-refractivity contribution in [3.05, 3.63) is 12.2 Å². The van der Waals surface area contributed by atoms with E-state index in [0.29, 0.717) is 6.42 Å². The Morgan fingerprint density at radius 2 is 0.780 bits per heavy atom. The van der Waals surface area contributed by atoms with Crippen molar-refractivity contribution in [2.75, 3.05) is 6.54 Å². The fourth-order valence-electron chi connectivity index (χ4n) is 6.62. The number of carbonyl (C=O) groups is 3. The van der Waals surface area contributed by atoms with E-state index in [1.54, 1.807) is 20.8 Å². The number of nitrogens with zero attached hydrogens (tertiary/aromatic N) is 1. The molecule has 7 nitrogen and oxygen atoms in total. The molecule has 0 aliphatic heterocycles. The van der Waals surface area contributed by atoms with Crippen LogP contribution in [0.3, 0.4) is 0 Å². The number of quaternary nitrogens is 1. The lowest BCUT2D eigenvalue weighted by Gasteiger charge is -2.49. The molecule has 0 heterocycles. The predicted molar refractivity (Wildman–Crippen MR) is 168 cm³/mol. The summed E-state index contributed by atoms with van der Waals surface area (Å²) in [5, 5.41) is 30.1. The number of aliphatic carboxylic acids is 3. The standard InChI is InChI=1S/C34H63NO6/c1-5-9-10-11-12-13-14-15-16-17-18-19-20-21-22-23-24-25-26-27-28-35(29(6-2)32(36)37,30(7-3)33(38)39)31(8-4)34(40)41/h15-16,29-31H,5-14,17-28H2,1-4H3,(H2-,36,37,38,39,40,41)/p+1/b16-15+. The molecule has 0 saturated heterocycles. The van der Waals surface area contributed by atoms with Gasteiger partial charge in [0.05, 0.1) is 6.54 Å². The molecule has 0 saturated carbocycles. The highest BCUT2D eigenvalue weighted by Gasteiger charge is 2.55. The topological polar surface area (TPSA) is 112 Å². The molecule has 3 N–H and O–H groups in total. The Labute approximate surface area is 251 Å². The number of unbranched alkanes of at least 4 members (excludes halogenated alkanes) is 16. The van der Waals surface area contributed by atoms with E-state index in [0.717, 1.165) is 19.3 Å². The van der Waals surface area contributed by atoms with E-state index in [1.807, 2.05) is 0 Å². The fraction of sp³-hybridized carbons (Fsp3) is 0.853. The summed E-state index contributed by atoms with van der Waals surface area (Å²) in [5.74, 6) is -3.34. The quantitative estimate of drug-likeness (QED) is 0.0461. The molecule has 41 heavy (non-hydrogen) atoms. The first-order valence-corrected chi connectivity index (χ1v) is 16.9. The highest BCUT2D eigenvalue weighted by Crippen LogP contribution is 2.32. The van der Waals surface area contributed by atoms with Gasteiger partial charge in [-0.25, -0.2) is 14.4 Å². The summed E-state index contributed by atoms with van der Waals surface area (Å²) in [4.78, 5) is 36.8. The second kappa shape index (κ2) is 24.7. The van der Waals surface area contributed by atoms with Crippen molar-refractivity contribution in [3.8, 4) is 0 Å². The molecule has 0 amide bonds. The van der Waals surface area contributed by atoms with Crippen LogP contribution in [-0.4, -0.2) is 62.4 Å². The Hall–Kier alpha value is -1.89. The zero-order valence-electron chi connectivity index (χ0n) is 27.0. The summed E-state index contributed by atoms with van der Waals surface area (Å²) >= 11 is 0. The van der Waals surface area contributed by atoms with Gasteiger partial charge in [0.25, 0.3) is 0 Å². The molecule has 0 aliphatic rings. The van der Waals surface area contributed by atoms with Crippen LogP contribution in [0.1, 0.15) is 163 Å². The Morgan fingerprint density at radius 1 is 0.488 bits per heavy atom. The molecule has 0 aromatic heterocycles. The summed E-state index contributed by atoms with van der Waals surface area (Å²) < 4.78 is -0.405. The molecular weight excluding hydrogens is 518 g/mol. The van der Waals surface area contributed by atoms with Crippen molar-refractivity contribution in [1.29, 1.82) is 0 Å². The molecule has 0 aliphatic carbocycles. The van der Waals surface area contributed by atoms with Crippen molar-refractivity contribution in [1.82, 2.24) is 0 Å². The van der Waals surface area contributed by atoms with Crippen LogP contribution in [0.4, 0.5) is 0 Å². The third kappa shape index (κ3) is 15.2. The first kappa shape index (κ1) is 39.1. The number of allylic oxidation sites excluding steroid dienone is 2. The molecule has 0 radical (unpaired) electrons. The average molecular weight is 583 g/mol. The SMILES string of the molecule is CCCCCCCC/C=C/CCCCCCCCCCCC[N+](C(CC)C(=O)O)(C(CC)C(=O)O)C(CC)C(=O)O. The van der Waals surface area contributed by atoms with Gasteiger partial charge in [0.1, 0.15) is 0 Å². The number of hydrogen-bond donors (Lipinski definition) is 3. The van der Waals surface area contributed by atoms with Gasteiger partial charge in [-0.3, -0.25) is 4.48 Å². The minimum atomic E-state index is -1.11. The van der Waals surface area contributed by atoms with E-state index in [2.05, 4.69) is 19.1 Å². The maximum atomic E-state index is 12.3. The summed E-state index contributed by atoms with van der Waals surface area (Å²) in [7, 11) is 0. The van der Waals surface area contributed by atoms with Gasteiger partial charge in [-0.05, 0) is 38.5 Å². The second-order valence-corrected chi connectivity index (χ2v) is 11.9. The lowest BCUT2D eigenvalue weighted by Crippen LogP contribution is -2.72. The number of hydrogen-bond acceptors (Lipinski definition) is 3. The Kier molecular flexibility index (Phi) is 23.5. The van der Waals surface area contributed by atoms with Crippen molar-refractivity contribution < 1.29 is 34.2 Å². The van der Waals surface area contributed by atoms with Crippen LogP contribution in [0.2, 0.25) is 0 Å². The van der Waals surface area contributed by atoms with Gasteiger partial charge in [0.2, 0.25) is 0 Å². The van der Waals surface area contributed by atoms with Crippen molar-refractivity contribution in [2.45, 2.75) is 181 Å². The fourth-order valence-corrected chi connectivity index (χ4v) is 6.62. The molecule has 0 aromatic rings. The van der Waals surface area contributed by atoms with Crippen molar-refractivity contribution in [2.24, 2.45) is 0 Å². The first-order chi connectivity index (χ1) is 19.7. The largest absolute Gasteiger partial charge is 0.477 e. The molecule has 0 bridgehead atoms. The molecule has 3 unspecified atom stereocenters. The number of rotatable bonds is 29. The third-order valence-corrected chi connectivity index (χ3v) is 8.81. The smallest absolute Gasteiger partial charge is 0.362 e. The van der Waals surface area contributed by atoms with Crippen LogP contribution in [-0.2, 0) is 14.4 Å². The van der Waals surface area contributed by atoms with Crippen molar-refractivity contribution in [3.63, 3.8) is 0 Å². The second-order valence-electron chi connectivity index (χ2n) is 11.9. The van der Waals surface area contributed by atoms with Crippen LogP contribution in [0.5, 0.6) is 0 Å². The normalized spacial score (nSPS) is 15.4. The molecule has 0 spiro atoms. The highest BCUT2D eigenvalue weighted by molar-refractivity contribution is 5.78. The summed E-state index contributed by atoms with van der Waals surface area (Å²) in [6.45, 7) is 7.65. The van der Waals surface area contributed by atoms with Gasteiger partial charge in [0, 0.05) is 19.3 Å². The zero-order chi connectivity index (χ0) is 30.9. The van der Waals surface area contributed by atoms with Crippen LogP contribution in [0.25, 0.3) is 0 Å². The monoisotopic (exact) mass is 582 g/mol. The van der Waals surface area contributed by atoms with Crippen LogP contribution < -0.4 is 0 Å². The van der Waals surface area contributed by atoms with Crippen LogP contribution >= 0.6 is 0 Å². The van der Waals surface area contributed by atoms with E-state index in [1.165, 1.54) is 89.9 Å². The number of carboxylic acids is 3. The lowest BCUT2D eigenvalue weighted by atomic mass is 9.93. The average Bonchev–Trinajstić information content (AvgIpc) is 2.92. The third-order valence-electron chi connectivity index (χ3n) is 8.81. The van der Waals surface area contributed by atoms with E-state index >= 15 is 0 Å². The van der Waals surface area contributed by atoms with Gasteiger partial charge < -0.3 is 15.3 Å². The first-order valence-electron chi connectivity index (χ1n) is 16.9. The van der Waals surface area contributed by atoms with E-state index in [4.69, 9.17) is 0 Å². The van der Waals surface area contributed by atoms with Gasteiger partial charge in [-0.1, -0.05) is 117 Å². The minimum absolute atomic E-state index is 0.193. The molecule has 240 valence electrons. The highest BCUT2D eigenvalue weighted by atomic mass is 16.4. The van der Waals surface area contributed by atoms with Crippen molar-refractivity contribution >= 4 is 17.9 Å². The van der Waals surface area contributed by atoms with E-state index in [-0.39, 0.29) is 25.8 Å². The summed E-state index contributed by atoms with van der Waals surface area (Å²) in [5.41, 5.74) is 0. The van der Waals surface area contributed by atoms with Gasteiger partial charge in [-0.15, -0.1) is 0 Å². The van der Waals surface area contributed by atoms with Gasteiger partial charge >= 0.3 is 17.9 Å². The minimum Gasteiger partial charge on any atom is -0.477 e.